The summed E-state index contributed by atoms with van der Waals surface area (Å²) in [6, 6.07) is 8.67. The van der Waals surface area contributed by atoms with E-state index in [2.05, 4.69) is 46.1 Å². The number of ether oxygens (including phenoxy) is 7. The third kappa shape index (κ3) is 7.57. The average Bonchev–Trinajstić information content (AvgIpc) is 3.30. The molecule has 1 saturated heterocycles. The molecule has 2 fully saturated rings. The van der Waals surface area contributed by atoms with Crippen LogP contribution in [0.2, 0.25) is 25.7 Å². The van der Waals surface area contributed by atoms with E-state index in [-0.39, 0.29) is 43.2 Å². The second kappa shape index (κ2) is 14.7. The van der Waals surface area contributed by atoms with Crippen LogP contribution in [0.3, 0.4) is 0 Å². The molecule has 0 spiro atoms. The summed E-state index contributed by atoms with van der Waals surface area (Å²) in [4.78, 5) is 14.5. The minimum atomic E-state index is -1.28. The molecule has 0 amide bonds. The first-order chi connectivity index (χ1) is 20.9. The molecule has 1 aromatic carbocycles. The van der Waals surface area contributed by atoms with E-state index in [0.717, 1.165) is 30.2 Å². The highest BCUT2D eigenvalue weighted by Crippen LogP contribution is 2.53. The summed E-state index contributed by atoms with van der Waals surface area (Å²) in [6.45, 7) is 18.6. The van der Waals surface area contributed by atoms with Gasteiger partial charge >= 0.3 is 0 Å². The third-order valence-corrected chi connectivity index (χ3v) is 11.7. The van der Waals surface area contributed by atoms with E-state index < -0.39 is 38.1 Å². The number of methoxy groups -OCH3 is 2. The van der Waals surface area contributed by atoms with Crippen LogP contribution in [0.5, 0.6) is 5.75 Å². The van der Waals surface area contributed by atoms with Crippen molar-refractivity contribution in [1.82, 2.24) is 0 Å². The van der Waals surface area contributed by atoms with Crippen LogP contribution in [0.25, 0.3) is 0 Å². The van der Waals surface area contributed by atoms with E-state index in [4.69, 9.17) is 33.2 Å². The molecule has 44 heavy (non-hydrogen) atoms. The quantitative estimate of drug-likeness (QED) is 0.100. The third-order valence-electron chi connectivity index (χ3n) is 10.0. The summed E-state index contributed by atoms with van der Waals surface area (Å²) in [7, 11) is 1.95. The summed E-state index contributed by atoms with van der Waals surface area (Å²) in [5.41, 5.74) is 1.03. The monoisotopic (exact) mass is 630 g/mol. The Morgan fingerprint density at radius 2 is 1.82 bits per heavy atom. The number of fused-ring (bicyclic) bond motifs is 2. The van der Waals surface area contributed by atoms with Gasteiger partial charge in [-0.05, 0) is 42.9 Å². The largest absolute Gasteiger partial charge is 0.497 e. The number of hydrogen-bond donors (Lipinski definition) is 0. The van der Waals surface area contributed by atoms with Crippen LogP contribution in [-0.2, 0) is 33.2 Å². The van der Waals surface area contributed by atoms with Crippen molar-refractivity contribution in [2.45, 2.75) is 89.8 Å². The van der Waals surface area contributed by atoms with Gasteiger partial charge in [0.05, 0.1) is 13.7 Å². The average molecular weight is 631 g/mol. The Balaban J connectivity index is 1.70. The molecule has 1 aliphatic heterocycles. The molecule has 9 heteroatoms. The van der Waals surface area contributed by atoms with Gasteiger partial charge in [-0.2, -0.15) is 0 Å². The lowest BCUT2D eigenvalue weighted by atomic mass is 9.70. The Morgan fingerprint density at radius 3 is 2.45 bits per heavy atom. The fourth-order valence-corrected chi connectivity index (χ4v) is 7.88. The maximum Gasteiger partial charge on any atom is 0.184 e. The maximum atomic E-state index is 14.5. The van der Waals surface area contributed by atoms with E-state index in [1.807, 2.05) is 31.2 Å². The standard InChI is InChI=1S/C35H54O8Si/c1-10-30-35(42-23-39-19-20-44(7,8)9,21-40-33(43-30)25-11-15-27(38-6)16-12-25)28-17-13-26-14-18-29(34(26,3)4)32(41-22-37-5)31(36)24(28)2/h10-13,15-16,24,28-30,32-33H,1,14,17-23H2,2-9H3/b26-13-/t24-,28-,29+,30+,32+,33-,35+/m0/s1. The molecule has 1 heterocycles. The zero-order valence-electron chi connectivity index (χ0n) is 28.1. The number of carbonyl (C=O) groups excluding carboxylic acids is 1. The highest BCUT2D eigenvalue weighted by atomic mass is 28.3. The van der Waals surface area contributed by atoms with Crippen LogP contribution in [0, 0.1) is 23.2 Å². The van der Waals surface area contributed by atoms with Crippen molar-refractivity contribution < 1.29 is 38.0 Å². The van der Waals surface area contributed by atoms with Crippen LogP contribution >= 0.6 is 0 Å². The Morgan fingerprint density at radius 1 is 1.09 bits per heavy atom. The predicted octanol–water partition coefficient (Wildman–Crippen LogP) is 6.94. The molecular formula is C35H54O8Si. The first kappa shape index (κ1) is 35.0. The van der Waals surface area contributed by atoms with Gasteiger partial charge in [0.25, 0.3) is 0 Å². The molecule has 3 aliphatic rings. The minimum Gasteiger partial charge on any atom is -0.497 e. The summed E-state index contributed by atoms with van der Waals surface area (Å²) < 4.78 is 42.7. The van der Waals surface area contributed by atoms with Crippen LogP contribution in [-0.4, -0.2) is 72.7 Å². The molecule has 8 nitrogen and oxygen atoms in total. The molecular weight excluding hydrogens is 576 g/mol. The van der Waals surface area contributed by atoms with Gasteiger partial charge in [-0.15, -0.1) is 6.58 Å². The summed E-state index contributed by atoms with van der Waals surface area (Å²) >= 11 is 0. The fourth-order valence-electron chi connectivity index (χ4n) is 7.12. The molecule has 1 saturated carbocycles. The van der Waals surface area contributed by atoms with E-state index in [1.165, 1.54) is 5.57 Å². The molecule has 2 bridgehead atoms. The number of ketones is 1. The second-order valence-corrected chi connectivity index (χ2v) is 19.9. The highest BCUT2D eigenvalue weighted by Gasteiger charge is 2.56. The van der Waals surface area contributed by atoms with Crippen molar-refractivity contribution in [1.29, 1.82) is 0 Å². The molecule has 1 aromatic rings. The van der Waals surface area contributed by atoms with Gasteiger partial charge < -0.3 is 33.2 Å². The van der Waals surface area contributed by atoms with Crippen molar-refractivity contribution >= 4 is 13.9 Å². The van der Waals surface area contributed by atoms with Gasteiger partial charge in [-0.3, -0.25) is 4.79 Å². The van der Waals surface area contributed by atoms with Gasteiger partial charge in [-0.25, -0.2) is 0 Å². The van der Waals surface area contributed by atoms with Gasteiger partial charge in [-0.1, -0.05) is 70.3 Å². The molecule has 4 rings (SSSR count). The Hall–Kier alpha value is -1.85. The van der Waals surface area contributed by atoms with Crippen molar-refractivity contribution in [3.05, 3.63) is 54.1 Å². The Labute approximate surface area is 265 Å². The van der Waals surface area contributed by atoms with Crippen LogP contribution in [0.15, 0.2) is 48.6 Å². The lowest BCUT2D eigenvalue weighted by Crippen LogP contribution is -2.61. The van der Waals surface area contributed by atoms with E-state index in [9.17, 15) is 4.79 Å². The zero-order valence-corrected chi connectivity index (χ0v) is 29.1. The van der Waals surface area contributed by atoms with Crippen molar-refractivity contribution in [3.8, 4) is 5.75 Å². The van der Waals surface area contributed by atoms with Gasteiger partial charge in [0.15, 0.2) is 12.1 Å². The normalized spacial score (nSPS) is 33.5. The summed E-state index contributed by atoms with van der Waals surface area (Å²) in [6.07, 6.45) is 4.82. The topological polar surface area (TPSA) is 81.7 Å². The molecule has 0 radical (unpaired) electrons. The number of hydrogen-bond acceptors (Lipinski definition) is 8. The van der Waals surface area contributed by atoms with E-state index in [1.54, 1.807) is 20.3 Å². The molecule has 0 N–H and O–H groups in total. The molecule has 2 aliphatic carbocycles. The predicted molar refractivity (Wildman–Crippen MR) is 173 cm³/mol. The lowest BCUT2D eigenvalue weighted by Gasteiger charge is -2.50. The number of Topliss-reactive ketones (excluding diaryl/α,β-unsaturated/α-hetero) is 1. The van der Waals surface area contributed by atoms with Crippen molar-refractivity contribution in [2.75, 3.05) is 41.0 Å². The van der Waals surface area contributed by atoms with E-state index >= 15 is 0 Å². The van der Waals surface area contributed by atoms with Gasteiger partial charge in [0.2, 0.25) is 0 Å². The first-order valence-corrected chi connectivity index (χ1v) is 19.7. The molecule has 7 atom stereocenters. The smallest absolute Gasteiger partial charge is 0.184 e. The second-order valence-electron chi connectivity index (χ2n) is 14.3. The Kier molecular flexibility index (Phi) is 11.7. The van der Waals surface area contributed by atoms with Crippen LogP contribution in [0.1, 0.15) is 51.9 Å². The molecule has 0 aromatic heterocycles. The summed E-state index contributed by atoms with van der Waals surface area (Å²) in [5, 5.41) is 0. The molecule has 246 valence electrons. The van der Waals surface area contributed by atoms with Crippen LogP contribution in [0.4, 0.5) is 0 Å². The Bertz CT molecular complexity index is 1140. The molecule has 0 unspecified atom stereocenters. The lowest BCUT2D eigenvalue weighted by molar-refractivity contribution is -0.323. The van der Waals surface area contributed by atoms with Gasteiger partial charge in [0.1, 0.15) is 37.1 Å². The number of carbonyl (C=O) groups is 1. The van der Waals surface area contributed by atoms with Crippen molar-refractivity contribution in [3.63, 3.8) is 0 Å². The van der Waals surface area contributed by atoms with Crippen molar-refractivity contribution in [2.24, 2.45) is 23.2 Å². The highest BCUT2D eigenvalue weighted by molar-refractivity contribution is 6.76. The number of benzene rings is 1. The SMILES string of the molecule is C=C[C@H]1O[C@@H](c2ccc(OC)cc2)OC[C@@]1(OCOCC[Si](C)(C)C)[C@H]1C/C=C2/CC[C@H]([C@@H](OCOC)C(=O)[C@H]1C)C2(C)C. The number of allylic oxidation sites excluding steroid dienone is 2. The first-order valence-electron chi connectivity index (χ1n) is 16.0. The number of rotatable bonds is 13. The van der Waals surface area contributed by atoms with E-state index in [0.29, 0.717) is 13.0 Å². The van der Waals surface area contributed by atoms with Gasteiger partial charge in [0, 0.05) is 45.1 Å². The minimum absolute atomic E-state index is 0.0596. The maximum absolute atomic E-state index is 14.5. The zero-order chi connectivity index (χ0) is 32.1. The fraction of sp³-hybridized carbons (Fsp3) is 0.686. The van der Waals surface area contributed by atoms with Crippen LogP contribution < -0.4 is 4.74 Å². The summed E-state index contributed by atoms with van der Waals surface area (Å²) in [5.74, 6) is 0.174.